The molecule has 0 unspecified atom stereocenters. The average Bonchev–Trinajstić information content (AvgIpc) is 3.13. The molecule has 0 saturated heterocycles. The van der Waals surface area contributed by atoms with Crippen LogP contribution in [0.3, 0.4) is 0 Å². The molecule has 0 saturated carbocycles. The minimum absolute atomic E-state index is 0. The molecule has 0 atom stereocenters. The Morgan fingerprint density at radius 3 is 0.431 bits per heavy atom. The number of unbranched alkanes of at least 4 members (excludes halogenated alkanes) is 36. The Morgan fingerprint density at radius 2 is 0.328 bits per heavy atom. The van der Waals surface area contributed by atoms with E-state index in [2.05, 4.69) is 20.8 Å². The Labute approximate surface area is 372 Å². The summed E-state index contributed by atoms with van der Waals surface area (Å²) in [5, 5.41) is 0. The van der Waals surface area contributed by atoms with Gasteiger partial charge >= 0.3 is 17.1 Å². The predicted octanol–water partition coefficient (Wildman–Crippen LogP) is 13.9. The molecule has 9 nitrogen and oxygen atoms in total. The van der Waals surface area contributed by atoms with Crippen molar-refractivity contribution in [3.63, 3.8) is 0 Å². The first-order valence-corrected chi connectivity index (χ1v) is 28.7. The Balaban J connectivity index is -0.000000374. The van der Waals surface area contributed by atoms with Gasteiger partial charge in [0.1, 0.15) is 0 Å². The van der Waals surface area contributed by atoms with E-state index in [-0.39, 0.29) is 34.3 Å². The van der Waals surface area contributed by atoms with Crippen LogP contribution < -0.4 is 0 Å². The van der Waals surface area contributed by atoms with Gasteiger partial charge in [-0.05, 0) is 19.3 Å². The Hall–Kier alpha value is 0.249. The molecule has 0 aliphatic rings. The van der Waals surface area contributed by atoms with Crippen molar-refractivity contribution in [2.75, 3.05) is 17.3 Å². The monoisotopic (exact) mass is 930 g/mol. The summed E-state index contributed by atoms with van der Waals surface area (Å²) in [6.07, 6.45) is 47.2. The summed E-state index contributed by atoms with van der Waals surface area (Å²) in [5.41, 5.74) is 0. The first kappa shape index (κ1) is 64.9. The zero-order valence-corrected chi connectivity index (χ0v) is 41.5. The van der Waals surface area contributed by atoms with Gasteiger partial charge in [-0.25, -0.2) is 25.3 Å². The molecule has 0 aromatic rings. The maximum atomic E-state index is 10.4. The fourth-order valence-corrected chi connectivity index (χ4v) is 8.56. The molecule has 0 rings (SSSR count). The second-order valence-electron chi connectivity index (χ2n) is 16.5. The normalized spacial score (nSPS) is 11.7. The molecule has 0 aliphatic carbocycles. The van der Waals surface area contributed by atoms with Gasteiger partial charge in [-0.1, -0.05) is 252 Å². The SMILES string of the molecule is CCCCCCCCCCCCCCCS(=O)(=O)[O-].CCCCCCCCCCCCCCCS(=O)(=O)[O-].CCCCCCCCCCCCCCCS(=O)(=O)[O-].[Fe+3]. The van der Waals surface area contributed by atoms with E-state index in [1.165, 1.54) is 193 Å². The fraction of sp³-hybridized carbons (Fsp3) is 1.00. The van der Waals surface area contributed by atoms with Crippen molar-refractivity contribution in [3.8, 4) is 0 Å². The summed E-state index contributed by atoms with van der Waals surface area (Å²) >= 11 is 0. The van der Waals surface area contributed by atoms with Crippen molar-refractivity contribution in [2.24, 2.45) is 0 Å². The van der Waals surface area contributed by atoms with Crippen LogP contribution in [0.1, 0.15) is 271 Å². The standard InChI is InChI=1S/3C15H32O3S.Fe/c3*1-2-3-4-5-6-7-8-9-10-11-12-13-14-15-19(16,17)18;/h3*2-15H2,1H3,(H,16,17,18);/q;;;+3/p-3. The third-order valence-corrected chi connectivity index (χ3v) is 12.9. The molecular formula is C45H93FeO9S3. The van der Waals surface area contributed by atoms with Crippen LogP contribution in [0.25, 0.3) is 0 Å². The van der Waals surface area contributed by atoms with Gasteiger partial charge in [-0.15, -0.1) is 0 Å². The molecule has 353 valence electrons. The van der Waals surface area contributed by atoms with Crippen molar-refractivity contribution < 1.29 is 56.0 Å². The molecule has 0 N–H and O–H groups in total. The summed E-state index contributed by atoms with van der Waals surface area (Å²) in [4.78, 5) is 0. The third kappa shape index (κ3) is 73.8. The van der Waals surface area contributed by atoms with Gasteiger partial charge in [0, 0.05) is 17.3 Å². The van der Waals surface area contributed by atoms with Gasteiger partial charge in [0.05, 0.1) is 30.4 Å². The van der Waals surface area contributed by atoms with Crippen molar-refractivity contribution >= 4 is 30.4 Å². The van der Waals surface area contributed by atoms with Crippen LogP contribution >= 0.6 is 0 Å². The Kier molecular flexibility index (Phi) is 55.8. The van der Waals surface area contributed by atoms with Crippen LogP contribution in [-0.4, -0.2) is 56.2 Å². The van der Waals surface area contributed by atoms with E-state index < -0.39 is 30.4 Å². The molecule has 0 amide bonds. The van der Waals surface area contributed by atoms with E-state index in [0.717, 1.165) is 38.5 Å². The Morgan fingerprint density at radius 1 is 0.224 bits per heavy atom. The first-order valence-electron chi connectivity index (χ1n) is 24.0. The van der Waals surface area contributed by atoms with E-state index in [1.54, 1.807) is 0 Å². The summed E-state index contributed by atoms with van der Waals surface area (Å²) in [6.45, 7) is 6.73. The average molecular weight is 930 g/mol. The van der Waals surface area contributed by atoms with E-state index in [1.807, 2.05) is 0 Å². The van der Waals surface area contributed by atoms with Crippen LogP contribution in [0.4, 0.5) is 0 Å². The molecule has 0 spiro atoms. The largest absolute Gasteiger partial charge is 3.00 e. The molecule has 0 fully saturated rings. The van der Waals surface area contributed by atoms with Crippen LogP contribution in [0.5, 0.6) is 0 Å². The topological polar surface area (TPSA) is 172 Å². The molecule has 0 heterocycles. The Bertz CT molecular complexity index is 965. The van der Waals surface area contributed by atoms with Gasteiger partial charge < -0.3 is 13.7 Å². The van der Waals surface area contributed by atoms with Gasteiger partial charge in [-0.3, -0.25) is 0 Å². The molecule has 58 heavy (non-hydrogen) atoms. The molecule has 13 heteroatoms. The van der Waals surface area contributed by atoms with Gasteiger partial charge in [0.15, 0.2) is 0 Å². The number of rotatable bonds is 42. The fourth-order valence-electron chi connectivity index (χ4n) is 6.89. The van der Waals surface area contributed by atoms with Crippen LogP contribution in [0.15, 0.2) is 0 Å². The number of hydrogen-bond donors (Lipinski definition) is 0. The van der Waals surface area contributed by atoms with Crippen molar-refractivity contribution in [1.29, 1.82) is 0 Å². The molecule has 0 aliphatic heterocycles. The molecular weight excluding hydrogens is 837 g/mol. The zero-order valence-electron chi connectivity index (χ0n) is 38.0. The van der Waals surface area contributed by atoms with Crippen LogP contribution in [0.2, 0.25) is 0 Å². The van der Waals surface area contributed by atoms with E-state index in [9.17, 15) is 38.9 Å². The van der Waals surface area contributed by atoms with Gasteiger partial charge in [0.25, 0.3) is 0 Å². The predicted molar refractivity (Wildman–Crippen MR) is 241 cm³/mol. The third-order valence-electron chi connectivity index (χ3n) is 10.5. The molecule has 1 radical (unpaired) electrons. The van der Waals surface area contributed by atoms with E-state index in [0.29, 0.717) is 19.3 Å². The van der Waals surface area contributed by atoms with Crippen molar-refractivity contribution in [3.05, 3.63) is 0 Å². The van der Waals surface area contributed by atoms with Crippen molar-refractivity contribution in [1.82, 2.24) is 0 Å². The summed E-state index contributed by atoms with van der Waals surface area (Å²) in [6, 6.07) is 0. The summed E-state index contributed by atoms with van der Waals surface area (Å²) in [7, 11) is -12.0. The first-order chi connectivity index (χ1) is 27.2. The quantitative estimate of drug-likeness (QED) is 0.0328. The van der Waals surface area contributed by atoms with E-state index >= 15 is 0 Å². The number of hydrogen-bond acceptors (Lipinski definition) is 9. The second kappa shape index (κ2) is 49.9. The van der Waals surface area contributed by atoms with Gasteiger partial charge in [0.2, 0.25) is 0 Å². The maximum absolute atomic E-state index is 10.4. The maximum Gasteiger partial charge on any atom is 3.00 e. The smallest absolute Gasteiger partial charge is 0.748 e. The molecule has 0 aromatic heterocycles. The van der Waals surface area contributed by atoms with Crippen LogP contribution in [0, 0.1) is 0 Å². The van der Waals surface area contributed by atoms with E-state index in [4.69, 9.17) is 0 Å². The molecule has 0 aromatic carbocycles. The summed E-state index contributed by atoms with van der Waals surface area (Å²) < 4.78 is 93.4. The minimum Gasteiger partial charge on any atom is -0.748 e. The zero-order chi connectivity index (χ0) is 43.2. The minimum atomic E-state index is -3.99. The van der Waals surface area contributed by atoms with Crippen LogP contribution in [-0.2, 0) is 47.4 Å². The summed E-state index contributed by atoms with van der Waals surface area (Å²) in [5.74, 6) is -0.569. The second-order valence-corrected chi connectivity index (χ2v) is 21.1. The van der Waals surface area contributed by atoms with Gasteiger partial charge in [-0.2, -0.15) is 0 Å². The van der Waals surface area contributed by atoms with Crippen molar-refractivity contribution in [2.45, 2.75) is 271 Å². The molecule has 0 bridgehead atoms.